The number of hydrogen-bond donors (Lipinski definition) is 2. The fourth-order valence-corrected chi connectivity index (χ4v) is 1.96. The third-order valence-electron chi connectivity index (χ3n) is 3.11. The highest BCUT2D eigenvalue weighted by atomic mass is 16.5. The Morgan fingerprint density at radius 3 is 2.65 bits per heavy atom. The van der Waals surface area contributed by atoms with Crippen LogP contribution in [0.2, 0.25) is 0 Å². The quantitative estimate of drug-likeness (QED) is 0.839. The summed E-state index contributed by atoms with van der Waals surface area (Å²) < 4.78 is 10.4. The first-order valence-electron chi connectivity index (χ1n) is 6.53. The van der Waals surface area contributed by atoms with Crippen LogP contribution < -0.4 is 5.73 Å². The van der Waals surface area contributed by atoms with E-state index in [-0.39, 0.29) is 17.9 Å². The molecule has 0 amide bonds. The first-order chi connectivity index (χ1) is 9.63. The molecule has 3 N–H and O–H groups in total. The minimum atomic E-state index is -0.379. The molecule has 0 aliphatic carbocycles. The summed E-state index contributed by atoms with van der Waals surface area (Å²) in [5.74, 6) is 1.14. The molecule has 2 rings (SSSR count). The van der Waals surface area contributed by atoms with Crippen molar-refractivity contribution in [2.45, 2.75) is 31.9 Å². The summed E-state index contributed by atoms with van der Waals surface area (Å²) in [6.45, 7) is 1.99. The van der Waals surface area contributed by atoms with Gasteiger partial charge in [0.2, 0.25) is 11.7 Å². The van der Waals surface area contributed by atoms with Crippen molar-refractivity contribution < 1.29 is 14.4 Å². The highest BCUT2D eigenvalue weighted by Gasteiger charge is 2.20. The summed E-state index contributed by atoms with van der Waals surface area (Å²) in [4.78, 5) is 4.29. The predicted octanol–water partition coefficient (Wildman–Crippen LogP) is 2.12. The van der Waals surface area contributed by atoms with Crippen molar-refractivity contribution in [3.63, 3.8) is 0 Å². The molecule has 0 fully saturated rings. The molecule has 1 heterocycles. The van der Waals surface area contributed by atoms with Crippen LogP contribution in [0.5, 0.6) is 5.75 Å². The topological polar surface area (TPSA) is 94.4 Å². The second kappa shape index (κ2) is 6.49. The molecule has 0 aliphatic rings. The van der Waals surface area contributed by atoms with E-state index in [0.29, 0.717) is 18.1 Å². The number of aromatic hydroxyl groups is 1. The van der Waals surface area contributed by atoms with Crippen molar-refractivity contribution >= 4 is 0 Å². The number of benzene rings is 1. The number of rotatable bonds is 6. The third kappa shape index (κ3) is 3.34. The first kappa shape index (κ1) is 14.5. The van der Waals surface area contributed by atoms with E-state index in [2.05, 4.69) is 10.1 Å². The molecule has 6 nitrogen and oxygen atoms in total. The van der Waals surface area contributed by atoms with Gasteiger partial charge in [0.25, 0.3) is 0 Å². The molecule has 2 atom stereocenters. The lowest BCUT2D eigenvalue weighted by atomic mass is 10.1. The van der Waals surface area contributed by atoms with E-state index < -0.39 is 0 Å². The van der Waals surface area contributed by atoms with Gasteiger partial charge in [-0.05, 0) is 30.5 Å². The second-order valence-corrected chi connectivity index (χ2v) is 4.60. The van der Waals surface area contributed by atoms with Crippen LogP contribution in [0.15, 0.2) is 28.8 Å². The van der Waals surface area contributed by atoms with Gasteiger partial charge >= 0.3 is 0 Å². The molecule has 0 saturated carbocycles. The van der Waals surface area contributed by atoms with Crippen LogP contribution in [0, 0.1) is 0 Å². The molecule has 6 heteroatoms. The van der Waals surface area contributed by atoms with E-state index in [1.54, 1.807) is 19.2 Å². The van der Waals surface area contributed by atoms with Gasteiger partial charge in [0.1, 0.15) is 11.9 Å². The summed E-state index contributed by atoms with van der Waals surface area (Å²) in [6, 6.07) is 6.50. The third-order valence-corrected chi connectivity index (χ3v) is 3.11. The van der Waals surface area contributed by atoms with Crippen LogP contribution in [0.3, 0.4) is 0 Å². The van der Waals surface area contributed by atoms with Crippen LogP contribution in [0.25, 0.3) is 0 Å². The Morgan fingerprint density at radius 1 is 1.35 bits per heavy atom. The summed E-state index contributed by atoms with van der Waals surface area (Å²) in [7, 11) is 1.61. The lowest BCUT2D eigenvalue weighted by Gasteiger charge is -2.08. The van der Waals surface area contributed by atoms with Gasteiger partial charge in [-0.3, -0.25) is 0 Å². The average molecular weight is 277 g/mol. The molecular formula is C14H19N3O3. The summed E-state index contributed by atoms with van der Waals surface area (Å²) >= 11 is 0. The van der Waals surface area contributed by atoms with Crippen molar-refractivity contribution in [2.75, 3.05) is 7.11 Å². The van der Waals surface area contributed by atoms with Crippen molar-refractivity contribution in [3.05, 3.63) is 41.5 Å². The van der Waals surface area contributed by atoms with E-state index >= 15 is 0 Å². The number of methoxy groups -OCH3 is 1. The lowest BCUT2D eigenvalue weighted by Crippen LogP contribution is -2.14. The fourth-order valence-electron chi connectivity index (χ4n) is 1.96. The first-order valence-corrected chi connectivity index (χ1v) is 6.53. The molecule has 0 radical (unpaired) electrons. The highest BCUT2D eigenvalue weighted by molar-refractivity contribution is 5.26. The van der Waals surface area contributed by atoms with Gasteiger partial charge < -0.3 is 20.1 Å². The Hall–Kier alpha value is -1.92. The smallest absolute Gasteiger partial charge is 0.243 e. The predicted molar refractivity (Wildman–Crippen MR) is 73.1 cm³/mol. The minimum absolute atomic E-state index is 0.173. The molecule has 0 aliphatic heterocycles. The van der Waals surface area contributed by atoms with Crippen LogP contribution in [0.4, 0.5) is 0 Å². The van der Waals surface area contributed by atoms with Gasteiger partial charge in [-0.25, -0.2) is 0 Å². The molecule has 20 heavy (non-hydrogen) atoms. The van der Waals surface area contributed by atoms with Gasteiger partial charge in [0.05, 0.1) is 6.04 Å². The van der Waals surface area contributed by atoms with Gasteiger partial charge in [0.15, 0.2) is 0 Å². The number of ether oxygens (including phenoxy) is 1. The number of hydrogen-bond acceptors (Lipinski definition) is 6. The van der Waals surface area contributed by atoms with Crippen molar-refractivity contribution in [2.24, 2.45) is 5.73 Å². The number of nitrogens with two attached hydrogens (primary N) is 1. The Labute approximate surface area is 117 Å². The standard InChI is InChI=1S/C14H19N3O3/c1-3-12(19-2)13-16-14(20-17-13)11(15)8-9-4-6-10(18)7-5-9/h4-7,11-12,18H,3,8,15H2,1-2H3. The van der Waals surface area contributed by atoms with Crippen molar-refractivity contribution in [1.29, 1.82) is 0 Å². The van der Waals surface area contributed by atoms with E-state index in [1.807, 2.05) is 19.1 Å². The van der Waals surface area contributed by atoms with Crippen LogP contribution in [-0.2, 0) is 11.2 Å². The van der Waals surface area contributed by atoms with E-state index in [4.69, 9.17) is 15.0 Å². The van der Waals surface area contributed by atoms with Crippen LogP contribution in [-0.4, -0.2) is 22.4 Å². The minimum Gasteiger partial charge on any atom is -0.508 e. The van der Waals surface area contributed by atoms with Crippen molar-refractivity contribution in [1.82, 2.24) is 10.1 Å². The summed E-state index contributed by atoms with van der Waals surface area (Å²) in [5.41, 5.74) is 7.06. The SMILES string of the molecule is CCC(OC)c1noc(C(N)Cc2ccc(O)cc2)n1. The number of aromatic nitrogens is 2. The van der Waals surface area contributed by atoms with E-state index in [1.165, 1.54) is 0 Å². The Kier molecular flexibility index (Phi) is 4.70. The maximum absolute atomic E-state index is 9.24. The van der Waals surface area contributed by atoms with E-state index in [0.717, 1.165) is 12.0 Å². The number of phenolic OH excluding ortho intramolecular Hbond substituents is 1. The van der Waals surface area contributed by atoms with Crippen LogP contribution >= 0.6 is 0 Å². The van der Waals surface area contributed by atoms with Gasteiger partial charge in [-0.2, -0.15) is 4.98 Å². The molecule has 108 valence electrons. The van der Waals surface area contributed by atoms with Gasteiger partial charge in [-0.1, -0.05) is 24.2 Å². The average Bonchev–Trinajstić information content (AvgIpc) is 2.92. The van der Waals surface area contributed by atoms with E-state index in [9.17, 15) is 5.11 Å². The summed E-state index contributed by atoms with van der Waals surface area (Å²) in [6.07, 6.45) is 1.15. The van der Waals surface area contributed by atoms with Gasteiger partial charge in [-0.15, -0.1) is 0 Å². The zero-order valence-corrected chi connectivity index (χ0v) is 11.6. The number of phenols is 1. The zero-order valence-electron chi connectivity index (χ0n) is 11.6. The molecule has 0 saturated heterocycles. The molecule has 1 aromatic carbocycles. The monoisotopic (exact) mass is 277 g/mol. The lowest BCUT2D eigenvalue weighted by molar-refractivity contribution is 0.0903. The molecule has 2 aromatic rings. The van der Waals surface area contributed by atoms with Crippen LogP contribution in [0.1, 0.15) is 42.8 Å². The van der Waals surface area contributed by atoms with Gasteiger partial charge in [0, 0.05) is 7.11 Å². The zero-order chi connectivity index (χ0) is 14.5. The molecule has 1 aromatic heterocycles. The molecular weight excluding hydrogens is 258 g/mol. The maximum atomic E-state index is 9.24. The second-order valence-electron chi connectivity index (χ2n) is 4.60. The molecule has 2 unspecified atom stereocenters. The molecule has 0 bridgehead atoms. The Morgan fingerprint density at radius 2 is 2.05 bits per heavy atom. The Balaban J connectivity index is 2.05. The largest absolute Gasteiger partial charge is 0.508 e. The normalized spacial score (nSPS) is 14.2. The highest BCUT2D eigenvalue weighted by Crippen LogP contribution is 2.21. The Bertz CT molecular complexity index is 535. The number of nitrogens with zero attached hydrogens (tertiary/aromatic N) is 2. The molecule has 0 spiro atoms. The summed E-state index contributed by atoms with van der Waals surface area (Å²) in [5, 5.41) is 13.1. The van der Waals surface area contributed by atoms with Crippen molar-refractivity contribution in [3.8, 4) is 5.75 Å². The maximum Gasteiger partial charge on any atom is 0.243 e. The fraction of sp³-hybridized carbons (Fsp3) is 0.429.